The van der Waals surface area contributed by atoms with E-state index < -0.39 is 0 Å². The number of nitrogens with two attached hydrogens (primary N) is 1. The van der Waals surface area contributed by atoms with E-state index in [1.807, 2.05) is 19.0 Å². The molecule has 0 unspecified atom stereocenters. The highest BCUT2D eigenvalue weighted by molar-refractivity contribution is 6.04. The first-order valence-electron chi connectivity index (χ1n) is 4.34. The monoisotopic (exact) mass is 190 g/mol. The summed E-state index contributed by atoms with van der Waals surface area (Å²) >= 11 is 0. The van der Waals surface area contributed by atoms with Gasteiger partial charge < -0.3 is 10.6 Å². The summed E-state index contributed by atoms with van der Waals surface area (Å²) in [6, 6.07) is 6.94. The Labute approximate surface area is 83.8 Å². The molecule has 0 spiro atoms. The maximum atomic E-state index is 11.5. The van der Waals surface area contributed by atoms with Crippen LogP contribution in [0, 0.1) is 0 Å². The van der Waals surface area contributed by atoms with E-state index in [1.165, 1.54) is 6.08 Å². The molecule has 0 fully saturated rings. The van der Waals surface area contributed by atoms with Crippen molar-refractivity contribution in [2.45, 2.75) is 0 Å². The minimum atomic E-state index is -0.0361. The molecule has 74 valence electrons. The Balaban J connectivity index is 2.80. The predicted molar refractivity (Wildman–Crippen MR) is 58.0 cm³/mol. The highest BCUT2D eigenvalue weighted by Gasteiger charge is 2.00. The third-order valence-electron chi connectivity index (χ3n) is 1.70. The van der Waals surface area contributed by atoms with Gasteiger partial charge in [-0.3, -0.25) is 4.79 Å². The molecule has 3 heteroatoms. The first kappa shape index (κ1) is 10.3. The lowest BCUT2D eigenvalue weighted by atomic mass is 10.1. The zero-order valence-corrected chi connectivity index (χ0v) is 8.40. The molecule has 0 saturated carbocycles. The number of benzene rings is 1. The van der Waals surface area contributed by atoms with Gasteiger partial charge in [0.2, 0.25) is 0 Å². The van der Waals surface area contributed by atoms with Gasteiger partial charge in [0.05, 0.1) is 0 Å². The van der Waals surface area contributed by atoms with Crippen LogP contribution in [0.3, 0.4) is 0 Å². The Hall–Kier alpha value is -1.77. The summed E-state index contributed by atoms with van der Waals surface area (Å²) in [5, 5.41) is 0. The lowest BCUT2D eigenvalue weighted by molar-refractivity contribution is 0.104. The van der Waals surface area contributed by atoms with Crippen molar-refractivity contribution in [3.05, 3.63) is 42.1 Å². The third-order valence-corrected chi connectivity index (χ3v) is 1.70. The van der Waals surface area contributed by atoms with Gasteiger partial charge in [0.15, 0.2) is 5.78 Å². The lowest BCUT2D eigenvalue weighted by Crippen LogP contribution is -2.03. The molecule has 0 atom stereocenters. The molecule has 0 radical (unpaired) electrons. The summed E-state index contributed by atoms with van der Waals surface area (Å²) < 4.78 is 0. The van der Waals surface area contributed by atoms with Gasteiger partial charge >= 0.3 is 0 Å². The van der Waals surface area contributed by atoms with Crippen molar-refractivity contribution in [3.63, 3.8) is 0 Å². The van der Waals surface area contributed by atoms with Crippen LogP contribution in [-0.4, -0.2) is 24.8 Å². The van der Waals surface area contributed by atoms with E-state index >= 15 is 0 Å². The summed E-state index contributed by atoms with van der Waals surface area (Å²) in [6.45, 7) is 0. The second-order valence-electron chi connectivity index (χ2n) is 3.27. The van der Waals surface area contributed by atoms with Gasteiger partial charge in [-0.25, -0.2) is 0 Å². The average Bonchev–Trinajstić information content (AvgIpc) is 2.14. The zero-order chi connectivity index (χ0) is 10.6. The van der Waals surface area contributed by atoms with Gasteiger partial charge in [-0.1, -0.05) is 12.1 Å². The Morgan fingerprint density at radius 1 is 1.43 bits per heavy atom. The standard InChI is InChI=1S/C11H14N2O/c1-13(2)7-6-11(14)9-4-3-5-10(12)8-9/h3-8H,12H2,1-2H3/b7-6+. The van der Waals surface area contributed by atoms with Gasteiger partial charge in [-0.05, 0) is 12.1 Å². The topological polar surface area (TPSA) is 46.3 Å². The number of rotatable bonds is 3. The molecule has 3 nitrogen and oxygen atoms in total. The number of anilines is 1. The number of hydrogen-bond donors (Lipinski definition) is 1. The summed E-state index contributed by atoms with van der Waals surface area (Å²) in [4.78, 5) is 13.3. The molecule has 0 saturated heterocycles. The number of carbonyl (C=O) groups excluding carboxylic acids is 1. The molecular weight excluding hydrogens is 176 g/mol. The van der Waals surface area contributed by atoms with Gasteiger partial charge in [-0.2, -0.15) is 0 Å². The van der Waals surface area contributed by atoms with Crippen LogP contribution in [0.5, 0.6) is 0 Å². The minimum absolute atomic E-state index is 0.0361. The molecule has 1 aromatic carbocycles. The lowest BCUT2D eigenvalue weighted by Gasteiger charge is -2.02. The summed E-state index contributed by atoms with van der Waals surface area (Å²) in [7, 11) is 3.73. The summed E-state index contributed by atoms with van der Waals surface area (Å²) in [5.74, 6) is -0.0361. The van der Waals surface area contributed by atoms with Crippen LogP contribution in [-0.2, 0) is 0 Å². The van der Waals surface area contributed by atoms with Crippen LogP contribution in [0.2, 0.25) is 0 Å². The van der Waals surface area contributed by atoms with Crippen molar-refractivity contribution in [2.24, 2.45) is 0 Å². The van der Waals surface area contributed by atoms with Crippen LogP contribution < -0.4 is 5.73 Å². The van der Waals surface area contributed by atoms with E-state index in [2.05, 4.69) is 0 Å². The van der Waals surface area contributed by atoms with Crippen LogP contribution in [0.4, 0.5) is 5.69 Å². The van der Waals surface area contributed by atoms with E-state index in [1.54, 1.807) is 30.5 Å². The molecule has 1 rings (SSSR count). The second kappa shape index (κ2) is 4.46. The summed E-state index contributed by atoms with van der Waals surface area (Å²) in [5.41, 5.74) is 6.79. The second-order valence-corrected chi connectivity index (χ2v) is 3.27. The highest BCUT2D eigenvalue weighted by Crippen LogP contribution is 2.07. The zero-order valence-electron chi connectivity index (χ0n) is 8.40. The maximum absolute atomic E-state index is 11.5. The quantitative estimate of drug-likeness (QED) is 0.446. The van der Waals surface area contributed by atoms with Crippen molar-refractivity contribution in [2.75, 3.05) is 19.8 Å². The third kappa shape index (κ3) is 2.94. The van der Waals surface area contributed by atoms with Crippen molar-refractivity contribution in [1.82, 2.24) is 4.90 Å². The molecule has 0 aromatic heterocycles. The largest absolute Gasteiger partial charge is 0.399 e. The molecule has 0 aliphatic heterocycles. The molecule has 14 heavy (non-hydrogen) atoms. The van der Waals surface area contributed by atoms with E-state index in [9.17, 15) is 4.79 Å². The number of nitrogens with zero attached hydrogens (tertiary/aromatic N) is 1. The molecule has 0 aliphatic rings. The smallest absolute Gasteiger partial charge is 0.187 e. The SMILES string of the molecule is CN(C)/C=C/C(=O)c1cccc(N)c1. The van der Waals surface area contributed by atoms with Crippen molar-refractivity contribution in [1.29, 1.82) is 0 Å². The van der Waals surface area contributed by atoms with Crippen LogP contribution in [0.15, 0.2) is 36.5 Å². The normalized spacial score (nSPS) is 10.4. The first-order chi connectivity index (χ1) is 6.59. The Morgan fingerprint density at radius 3 is 2.71 bits per heavy atom. The maximum Gasteiger partial charge on any atom is 0.187 e. The molecule has 0 aliphatic carbocycles. The molecule has 0 heterocycles. The van der Waals surface area contributed by atoms with Crippen molar-refractivity contribution < 1.29 is 4.79 Å². The highest BCUT2D eigenvalue weighted by atomic mass is 16.1. The fourth-order valence-corrected chi connectivity index (χ4v) is 1.00. The molecular formula is C11H14N2O. The number of carbonyl (C=O) groups is 1. The molecule has 1 aromatic rings. The molecule has 0 bridgehead atoms. The fourth-order valence-electron chi connectivity index (χ4n) is 1.00. The van der Waals surface area contributed by atoms with Crippen LogP contribution in [0.25, 0.3) is 0 Å². The predicted octanol–water partition coefficient (Wildman–Crippen LogP) is 1.53. The summed E-state index contributed by atoms with van der Waals surface area (Å²) in [6.07, 6.45) is 3.24. The van der Waals surface area contributed by atoms with Gasteiger partial charge in [0, 0.05) is 37.6 Å². The van der Waals surface area contributed by atoms with E-state index in [0.29, 0.717) is 11.3 Å². The van der Waals surface area contributed by atoms with Crippen molar-refractivity contribution >= 4 is 11.5 Å². The van der Waals surface area contributed by atoms with Crippen molar-refractivity contribution in [3.8, 4) is 0 Å². The van der Waals surface area contributed by atoms with E-state index in [4.69, 9.17) is 5.73 Å². The van der Waals surface area contributed by atoms with Gasteiger partial charge in [0.1, 0.15) is 0 Å². The Kier molecular flexibility index (Phi) is 3.29. The first-order valence-corrected chi connectivity index (χ1v) is 4.34. The van der Waals surface area contributed by atoms with E-state index in [-0.39, 0.29) is 5.78 Å². The van der Waals surface area contributed by atoms with Gasteiger partial charge in [-0.15, -0.1) is 0 Å². The fraction of sp³-hybridized carbons (Fsp3) is 0.182. The number of ketones is 1. The number of allylic oxidation sites excluding steroid dienone is 1. The molecule has 2 N–H and O–H groups in total. The minimum Gasteiger partial charge on any atom is -0.399 e. The Morgan fingerprint density at radius 2 is 2.14 bits per heavy atom. The van der Waals surface area contributed by atoms with Crippen LogP contribution in [0.1, 0.15) is 10.4 Å². The van der Waals surface area contributed by atoms with Gasteiger partial charge in [0.25, 0.3) is 0 Å². The Bertz CT molecular complexity index is 356. The molecule has 0 amide bonds. The van der Waals surface area contributed by atoms with E-state index in [0.717, 1.165) is 0 Å². The number of nitrogen functional groups attached to an aromatic ring is 1. The average molecular weight is 190 g/mol. The van der Waals surface area contributed by atoms with Crippen LogP contribution >= 0.6 is 0 Å². The number of hydrogen-bond acceptors (Lipinski definition) is 3.